The van der Waals surface area contributed by atoms with Crippen molar-refractivity contribution >= 4 is 17.7 Å². The lowest BCUT2D eigenvalue weighted by molar-refractivity contribution is -0.123. The highest BCUT2D eigenvalue weighted by Gasteiger charge is 2.34. The Balaban J connectivity index is 1.56. The number of amides is 1. The molecule has 0 atom stereocenters. The Bertz CT molecular complexity index is 262. The van der Waals surface area contributed by atoms with Crippen LogP contribution in [0.1, 0.15) is 25.7 Å². The molecule has 2 fully saturated rings. The first-order valence-electron chi connectivity index (χ1n) is 6.54. The van der Waals surface area contributed by atoms with E-state index in [1.165, 1.54) is 17.9 Å². The fourth-order valence-corrected chi connectivity index (χ4v) is 3.35. The molecule has 1 heterocycles. The molecule has 5 heteroatoms. The molecule has 2 aliphatic rings. The van der Waals surface area contributed by atoms with Crippen LogP contribution in [0.2, 0.25) is 0 Å². The first-order chi connectivity index (χ1) is 8.18. The second-order valence-corrected chi connectivity index (χ2v) is 6.42. The molecule has 0 bridgehead atoms. The highest BCUT2D eigenvalue weighted by molar-refractivity contribution is 7.99. The Morgan fingerprint density at radius 1 is 1.35 bits per heavy atom. The molecule has 0 radical (unpaired) electrons. The van der Waals surface area contributed by atoms with Crippen LogP contribution in [0.25, 0.3) is 0 Å². The lowest BCUT2D eigenvalue weighted by Crippen LogP contribution is -2.50. The topological polar surface area (TPSA) is 58.4 Å². The number of rotatable bonds is 5. The van der Waals surface area contributed by atoms with Crippen LogP contribution in [-0.4, -0.2) is 54.0 Å². The fraction of sp³-hybridized carbons (Fsp3) is 0.917. The summed E-state index contributed by atoms with van der Waals surface area (Å²) in [5.74, 6) is 2.57. The Hall–Kier alpha value is -0.260. The summed E-state index contributed by atoms with van der Waals surface area (Å²) in [6.45, 7) is 4.05. The SMILES string of the molecule is NC1(CC(=O)NCCN2CCSCC2)CCC1. The van der Waals surface area contributed by atoms with Crippen molar-refractivity contribution in [3.63, 3.8) is 0 Å². The molecule has 0 aromatic carbocycles. The molecule has 1 amide bonds. The van der Waals surface area contributed by atoms with Crippen molar-refractivity contribution in [2.24, 2.45) is 5.73 Å². The highest BCUT2D eigenvalue weighted by atomic mass is 32.2. The van der Waals surface area contributed by atoms with Gasteiger partial charge in [0, 0.05) is 49.6 Å². The number of carbonyl (C=O) groups excluding carboxylic acids is 1. The maximum atomic E-state index is 11.7. The van der Waals surface area contributed by atoms with Crippen molar-refractivity contribution in [2.45, 2.75) is 31.2 Å². The highest BCUT2D eigenvalue weighted by Crippen LogP contribution is 2.31. The third-order valence-electron chi connectivity index (χ3n) is 3.72. The minimum absolute atomic E-state index is 0.124. The third kappa shape index (κ3) is 4.16. The summed E-state index contributed by atoms with van der Waals surface area (Å²) in [6.07, 6.45) is 3.69. The minimum Gasteiger partial charge on any atom is -0.355 e. The van der Waals surface area contributed by atoms with E-state index in [0.29, 0.717) is 6.42 Å². The van der Waals surface area contributed by atoms with E-state index in [1.54, 1.807) is 0 Å². The van der Waals surface area contributed by atoms with E-state index in [2.05, 4.69) is 10.2 Å². The van der Waals surface area contributed by atoms with Crippen LogP contribution in [0, 0.1) is 0 Å². The quantitative estimate of drug-likeness (QED) is 0.749. The lowest BCUT2D eigenvalue weighted by atomic mass is 9.75. The van der Waals surface area contributed by atoms with Crippen molar-refractivity contribution in [1.82, 2.24) is 10.2 Å². The first kappa shape index (κ1) is 13.2. The Labute approximate surface area is 108 Å². The second kappa shape index (κ2) is 6.07. The molecule has 1 saturated heterocycles. The molecule has 0 unspecified atom stereocenters. The predicted octanol–water partition coefficient (Wildman–Crippen LogP) is 0.423. The summed E-state index contributed by atoms with van der Waals surface area (Å²) in [5.41, 5.74) is 5.86. The minimum atomic E-state index is -0.189. The van der Waals surface area contributed by atoms with Crippen molar-refractivity contribution < 1.29 is 4.79 Å². The van der Waals surface area contributed by atoms with Gasteiger partial charge in [-0.15, -0.1) is 0 Å². The van der Waals surface area contributed by atoms with Crippen molar-refractivity contribution in [3.05, 3.63) is 0 Å². The zero-order chi connectivity index (χ0) is 12.1. The molecular formula is C12H23N3OS. The summed E-state index contributed by atoms with van der Waals surface area (Å²) in [6, 6.07) is 0. The maximum Gasteiger partial charge on any atom is 0.221 e. The van der Waals surface area contributed by atoms with E-state index in [0.717, 1.165) is 39.0 Å². The zero-order valence-corrected chi connectivity index (χ0v) is 11.2. The lowest BCUT2D eigenvalue weighted by Gasteiger charge is -2.37. The number of hydrogen-bond donors (Lipinski definition) is 2. The van der Waals surface area contributed by atoms with Crippen molar-refractivity contribution in [3.8, 4) is 0 Å². The number of carbonyl (C=O) groups is 1. The molecule has 98 valence electrons. The normalized spacial score (nSPS) is 24.1. The van der Waals surface area contributed by atoms with Crippen molar-refractivity contribution in [1.29, 1.82) is 0 Å². The van der Waals surface area contributed by atoms with Gasteiger partial charge in [-0.2, -0.15) is 11.8 Å². The van der Waals surface area contributed by atoms with Crippen LogP contribution in [0.4, 0.5) is 0 Å². The Kier molecular flexibility index (Phi) is 4.70. The Morgan fingerprint density at radius 2 is 2.06 bits per heavy atom. The monoisotopic (exact) mass is 257 g/mol. The van der Waals surface area contributed by atoms with E-state index in [9.17, 15) is 4.79 Å². The van der Waals surface area contributed by atoms with Crippen LogP contribution in [-0.2, 0) is 4.79 Å². The largest absolute Gasteiger partial charge is 0.355 e. The molecule has 1 aliphatic carbocycles. The zero-order valence-electron chi connectivity index (χ0n) is 10.4. The van der Waals surface area contributed by atoms with Crippen LogP contribution >= 0.6 is 11.8 Å². The van der Waals surface area contributed by atoms with Crippen molar-refractivity contribution in [2.75, 3.05) is 37.7 Å². The van der Waals surface area contributed by atoms with Gasteiger partial charge in [0.15, 0.2) is 0 Å². The molecule has 4 nitrogen and oxygen atoms in total. The molecule has 0 spiro atoms. The summed E-state index contributed by atoms with van der Waals surface area (Å²) in [7, 11) is 0. The maximum absolute atomic E-state index is 11.7. The fourth-order valence-electron chi connectivity index (χ4n) is 2.37. The third-order valence-corrected chi connectivity index (χ3v) is 4.66. The average Bonchev–Trinajstić information content (AvgIpc) is 2.28. The molecule has 2 rings (SSSR count). The Morgan fingerprint density at radius 3 is 2.65 bits per heavy atom. The molecule has 3 N–H and O–H groups in total. The van der Waals surface area contributed by atoms with Crippen LogP contribution in [0.5, 0.6) is 0 Å². The molecule has 1 saturated carbocycles. The second-order valence-electron chi connectivity index (χ2n) is 5.20. The number of hydrogen-bond acceptors (Lipinski definition) is 4. The van der Waals surface area contributed by atoms with Gasteiger partial charge in [-0.3, -0.25) is 9.69 Å². The molecule has 0 aromatic rings. The van der Waals surface area contributed by atoms with Crippen LogP contribution in [0.3, 0.4) is 0 Å². The van der Waals surface area contributed by atoms with E-state index < -0.39 is 0 Å². The average molecular weight is 257 g/mol. The molecule has 1 aliphatic heterocycles. The molecule has 0 aromatic heterocycles. The van der Waals surface area contributed by atoms with Gasteiger partial charge in [0.1, 0.15) is 0 Å². The summed E-state index contributed by atoms with van der Waals surface area (Å²) >= 11 is 2.01. The smallest absolute Gasteiger partial charge is 0.221 e. The summed E-state index contributed by atoms with van der Waals surface area (Å²) < 4.78 is 0. The first-order valence-corrected chi connectivity index (χ1v) is 7.69. The van der Waals surface area contributed by atoms with Gasteiger partial charge in [0.25, 0.3) is 0 Å². The van der Waals surface area contributed by atoms with Gasteiger partial charge >= 0.3 is 0 Å². The van der Waals surface area contributed by atoms with Gasteiger partial charge in [-0.25, -0.2) is 0 Å². The number of nitrogens with zero attached hydrogens (tertiary/aromatic N) is 1. The van der Waals surface area contributed by atoms with E-state index in [-0.39, 0.29) is 11.4 Å². The predicted molar refractivity (Wildman–Crippen MR) is 72.2 cm³/mol. The molecule has 17 heavy (non-hydrogen) atoms. The van der Waals surface area contributed by atoms with E-state index >= 15 is 0 Å². The van der Waals surface area contributed by atoms with Gasteiger partial charge < -0.3 is 11.1 Å². The number of thioether (sulfide) groups is 1. The number of nitrogens with two attached hydrogens (primary N) is 1. The molecular weight excluding hydrogens is 234 g/mol. The van der Waals surface area contributed by atoms with Crippen LogP contribution < -0.4 is 11.1 Å². The van der Waals surface area contributed by atoms with Crippen LogP contribution in [0.15, 0.2) is 0 Å². The number of nitrogens with one attached hydrogen (secondary N) is 1. The standard InChI is InChI=1S/C12H23N3OS/c13-12(2-1-3-12)10-11(16)14-4-5-15-6-8-17-9-7-15/h1-10,13H2,(H,14,16). The van der Waals surface area contributed by atoms with Gasteiger partial charge in [-0.05, 0) is 19.3 Å². The summed E-state index contributed by atoms with van der Waals surface area (Å²) in [5, 5.41) is 2.99. The van der Waals surface area contributed by atoms with E-state index in [4.69, 9.17) is 5.73 Å². The van der Waals surface area contributed by atoms with Gasteiger partial charge in [-0.1, -0.05) is 0 Å². The summed E-state index contributed by atoms with van der Waals surface area (Å²) in [4.78, 5) is 14.1. The van der Waals surface area contributed by atoms with Gasteiger partial charge in [0.2, 0.25) is 5.91 Å². The van der Waals surface area contributed by atoms with Gasteiger partial charge in [0.05, 0.1) is 0 Å². The van der Waals surface area contributed by atoms with E-state index in [1.807, 2.05) is 11.8 Å².